The normalized spacial score (nSPS) is 10.8. The highest BCUT2D eigenvalue weighted by atomic mass is 32.1. The molecule has 7 heteroatoms. The summed E-state index contributed by atoms with van der Waals surface area (Å²) in [5.74, 6) is -0.224. The van der Waals surface area contributed by atoms with Crippen LogP contribution in [0.15, 0.2) is 69.2 Å². The molecule has 0 atom stereocenters. The molecule has 4 aromatic heterocycles. The third-order valence-corrected chi connectivity index (χ3v) is 5.77. The zero-order chi connectivity index (χ0) is 19.5. The minimum absolute atomic E-state index is 0.148. The molecule has 28 heavy (non-hydrogen) atoms. The van der Waals surface area contributed by atoms with E-state index in [-0.39, 0.29) is 11.5 Å². The molecule has 1 N–H and O–H groups in total. The molecule has 0 saturated carbocycles. The van der Waals surface area contributed by atoms with Crippen LogP contribution in [-0.2, 0) is 13.6 Å². The van der Waals surface area contributed by atoms with Crippen molar-refractivity contribution in [1.82, 2.24) is 14.9 Å². The van der Waals surface area contributed by atoms with Crippen LogP contribution in [0.3, 0.4) is 0 Å². The van der Waals surface area contributed by atoms with Gasteiger partial charge in [0, 0.05) is 49.4 Å². The lowest BCUT2D eigenvalue weighted by Gasteiger charge is -2.11. The number of aryl methyl sites for hydroxylation is 1. The summed E-state index contributed by atoms with van der Waals surface area (Å²) in [6.45, 7) is 0.357. The largest absolute Gasteiger partial charge is 0.348 e. The summed E-state index contributed by atoms with van der Waals surface area (Å²) >= 11 is 3.16. The quantitative estimate of drug-likeness (QED) is 0.540. The second-order valence-corrected chi connectivity index (χ2v) is 7.90. The Bertz CT molecular complexity index is 1160. The van der Waals surface area contributed by atoms with Crippen LogP contribution in [0, 0.1) is 0 Å². The van der Waals surface area contributed by atoms with Crippen LogP contribution < -0.4 is 10.9 Å². The molecular formula is C21H17N3O2S2. The van der Waals surface area contributed by atoms with Gasteiger partial charge in [-0.25, -0.2) is 0 Å². The average Bonchev–Trinajstić information content (AvgIpc) is 3.42. The summed E-state index contributed by atoms with van der Waals surface area (Å²) < 4.78 is 1.42. The van der Waals surface area contributed by atoms with E-state index in [0.29, 0.717) is 17.7 Å². The topological polar surface area (TPSA) is 64.0 Å². The fourth-order valence-corrected chi connectivity index (χ4v) is 4.24. The van der Waals surface area contributed by atoms with E-state index in [4.69, 9.17) is 0 Å². The third kappa shape index (κ3) is 3.81. The van der Waals surface area contributed by atoms with Crippen molar-refractivity contribution in [2.45, 2.75) is 6.54 Å². The summed E-state index contributed by atoms with van der Waals surface area (Å²) in [5.41, 5.74) is 4.89. The summed E-state index contributed by atoms with van der Waals surface area (Å²) in [7, 11) is 1.64. The van der Waals surface area contributed by atoms with Gasteiger partial charge < -0.3 is 9.88 Å². The molecule has 140 valence electrons. The van der Waals surface area contributed by atoms with Crippen LogP contribution in [0.2, 0.25) is 0 Å². The van der Waals surface area contributed by atoms with Gasteiger partial charge in [0.05, 0.1) is 5.56 Å². The molecule has 0 unspecified atom stereocenters. The van der Waals surface area contributed by atoms with E-state index < -0.39 is 0 Å². The first-order valence-electron chi connectivity index (χ1n) is 8.60. The molecular weight excluding hydrogens is 390 g/mol. The molecule has 0 bridgehead atoms. The van der Waals surface area contributed by atoms with Crippen LogP contribution >= 0.6 is 22.7 Å². The lowest BCUT2D eigenvalue weighted by Crippen LogP contribution is -2.26. The first-order valence-corrected chi connectivity index (χ1v) is 10.5. The van der Waals surface area contributed by atoms with Gasteiger partial charge in [0.2, 0.25) is 0 Å². The lowest BCUT2D eigenvalue weighted by molar-refractivity contribution is 0.0950. The van der Waals surface area contributed by atoms with E-state index in [2.05, 4.69) is 15.7 Å². The number of rotatable bonds is 5. The monoisotopic (exact) mass is 407 g/mol. The van der Waals surface area contributed by atoms with Gasteiger partial charge in [-0.1, -0.05) is 0 Å². The van der Waals surface area contributed by atoms with E-state index in [1.807, 2.05) is 40.5 Å². The molecule has 4 heterocycles. The van der Waals surface area contributed by atoms with Crippen molar-refractivity contribution in [1.29, 1.82) is 0 Å². The molecule has 0 aliphatic heterocycles. The van der Waals surface area contributed by atoms with Gasteiger partial charge in [-0.2, -0.15) is 22.7 Å². The van der Waals surface area contributed by atoms with E-state index in [1.165, 1.54) is 22.0 Å². The van der Waals surface area contributed by atoms with Gasteiger partial charge in [-0.05, 0) is 56.4 Å². The number of nitrogens with zero attached hydrogens (tertiary/aromatic N) is 2. The van der Waals surface area contributed by atoms with E-state index in [9.17, 15) is 9.59 Å². The van der Waals surface area contributed by atoms with Crippen molar-refractivity contribution in [3.05, 3.63) is 85.9 Å². The van der Waals surface area contributed by atoms with Crippen molar-refractivity contribution >= 4 is 28.6 Å². The summed E-state index contributed by atoms with van der Waals surface area (Å²) in [6, 6.07) is 7.48. The van der Waals surface area contributed by atoms with Crippen LogP contribution in [0.25, 0.3) is 22.3 Å². The first-order chi connectivity index (χ1) is 13.6. The Morgan fingerprint density at radius 3 is 2.54 bits per heavy atom. The maximum absolute atomic E-state index is 12.9. The van der Waals surface area contributed by atoms with E-state index in [0.717, 1.165) is 22.3 Å². The molecule has 0 fully saturated rings. The number of carbonyl (C=O) groups excluding carboxylic acids is 1. The highest BCUT2D eigenvalue weighted by Crippen LogP contribution is 2.25. The number of nitrogens with one attached hydrogen (secondary N) is 1. The zero-order valence-corrected chi connectivity index (χ0v) is 16.7. The summed E-state index contributed by atoms with van der Waals surface area (Å²) in [6.07, 6.45) is 5.15. The molecule has 1 amide bonds. The Morgan fingerprint density at radius 1 is 1.07 bits per heavy atom. The van der Waals surface area contributed by atoms with Gasteiger partial charge in [-0.3, -0.25) is 14.6 Å². The van der Waals surface area contributed by atoms with Crippen LogP contribution in [-0.4, -0.2) is 15.5 Å². The molecule has 0 aliphatic rings. The second kappa shape index (κ2) is 7.92. The van der Waals surface area contributed by atoms with Crippen LogP contribution in [0.5, 0.6) is 0 Å². The number of hydrogen-bond donors (Lipinski definition) is 1. The Hall–Kier alpha value is -3.03. The molecule has 0 aromatic carbocycles. The SMILES string of the molecule is Cn1cc(C(=O)NCc2cncc(-c3ccsc3)c2)c(-c2ccsc2)cc1=O. The van der Waals surface area contributed by atoms with Crippen molar-refractivity contribution in [2.75, 3.05) is 0 Å². The molecule has 0 radical (unpaired) electrons. The number of hydrogen-bond acceptors (Lipinski definition) is 5. The number of pyridine rings is 2. The predicted molar refractivity (Wildman–Crippen MR) is 114 cm³/mol. The maximum Gasteiger partial charge on any atom is 0.253 e. The molecule has 0 saturated heterocycles. The Labute approximate surface area is 170 Å². The highest BCUT2D eigenvalue weighted by molar-refractivity contribution is 7.08. The van der Waals surface area contributed by atoms with Gasteiger partial charge in [-0.15, -0.1) is 0 Å². The number of aromatic nitrogens is 2. The van der Waals surface area contributed by atoms with Crippen molar-refractivity contribution in [3.8, 4) is 22.3 Å². The van der Waals surface area contributed by atoms with E-state index >= 15 is 0 Å². The first kappa shape index (κ1) is 18.3. The van der Waals surface area contributed by atoms with E-state index in [1.54, 1.807) is 30.8 Å². The fourth-order valence-electron chi connectivity index (χ4n) is 2.92. The minimum Gasteiger partial charge on any atom is -0.348 e. The van der Waals surface area contributed by atoms with Crippen molar-refractivity contribution < 1.29 is 4.79 Å². The van der Waals surface area contributed by atoms with Gasteiger partial charge >= 0.3 is 0 Å². The van der Waals surface area contributed by atoms with Crippen molar-refractivity contribution in [3.63, 3.8) is 0 Å². The van der Waals surface area contributed by atoms with Crippen LogP contribution in [0.1, 0.15) is 15.9 Å². The third-order valence-electron chi connectivity index (χ3n) is 4.41. The Morgan fingerprint density at radius 2 is 1.82 bits per heavy atom. The second-order valence-electron chi connectivity index (χ2n) is 6.34. The lowest BCUT2D eigenvalue weighted by atomic mass is 10.0. The number of amides is 1. The smallest absolute Gasteiger partial charge is 0.253 e. The molecule has 0 spiro atoms. The summed E-state index contributed by atoms with van der Waals surface area (Å²) in [4.78, 5) is 29.2. The molecule has 0 aliphatic carbocycles. The predicted octanol–water partition coefficient (Wildman–Crippen LogP) is 4.17. The van der Waals surface area contributed by atoms with Gasteiger partial charge in [0.15, 0.2) is 0 Å². The Balaban J connectivity index is 1.57. The summed E-state index contributed by atoms with van der Waals surface area (Å²) in [5, 5.41) is 10.9. The van der Waals surface area contributed by atoms with Gasteiger partial charge in [0.25, 0.3) is 11.5 Å². The maximum atomic E-state index is 12.9. The standard InChI is InChI=1S/C21H17N3O2S2/c1-24-11-19(18(7-20(24)25)16-3-5-28-13-16)21(26)23-9-14-6-17(10-22-8-14)15-2-4-27-12-15/h2-8,10-13H,9H2,1H3,(H,23,26). The Kier molecular flexibility index (Phi) is 5.18. The van der Waals surface area contributed by atoms with Crippen LogP contribution in [0.4, 0.5) is 0 Å². The highest BCUT2D eigenvalue weighted by Gasteiger charge is 2.15. The van der Waals surface area contributed by atoms with Crippen molar-refractivity contribution in [2.24, 2.45) is 7.05 Å². The molecule has 4 rings (SSSR count). The molecule has 4 aromatic rings. The fraction of sp³-hybridized carbons (Fsp3) is 0.0952. The molecule has 5 nitrogen and oxygen atoms in total. The van der Waals surface area contributed by atoms with Gasteiger partial charge in [0.1, 0.15) is 0 Å². The zero-order valence-electron chi connectivity index (χ0n) is 15.1. The average molecular weight is 408 g/mol. The number of carbonyl (C=O) groups is 1. The minimum atomic E-state index is -0.224. The number of thiophene rings is 2.